The zero-order valence-electron chi connectivity index (χ0n) is 19.1. The average molecular weight is 595 g/mol. The molecule has 6 N–H and O–H groups in total. The number of hydrogen-bond donors (Lipinski definition) is 4. The molecular formula is C21H14Cl3N9O6. The van der Waals surface area contributed by atoms with E-state index in [1.807, 2.05) is 0 Å². The van der Waals surface area contributed by atoms with Gasteiger partial charge in [-0.05, 0) is 36.4 Å². The number of hydrogen-bond acceptors (Lipinski definition) is 10. The topological polar surface area (TPSA) is 239 Å². The summed E-state index contributed by atoms with van der Waals surface area (Å²) < 4.78 is 0. The molecule has 0 fully saturated rings. The number of nitro groups is 3. The van der Waals surface area contributed by atoms with Crippen molar-refractivity contribution in [2.45, 2.75) is 6.42 Å². The predicted molar refractivity (Wildman–Crippen MR) is 145 cm³/mol. The molecule has 0 atom stereocenters. The molecule has 5 aromatic rings. The summed E-state index contributed by atoms with van der Waals surface area (Å²) in [4.78, 5) is 45.4. The lowest BCUT2D eigenvalue weighted by Crippen LogP contribution is -2.00. The molecule has 0 spiro atoms. The lowest BCUT2D eigenvalue weighted by Gasteiger charge is -2.01. The van der Waals surface area contributed by atoms with Crippen LogP contribution < -0.4 is 11.5 Å². The van der Waals surface area contributed by atoms with Crippen molar-refractivity contribution in [3.8, 4) is 0 Å². The molecule has 39 heavy (non-hydrogen) atoms. The van der Waals surface area contributed by atoms with Crippen LogP contribution in [-0.2, 0) is 6.42 Å². The SMILES string of the molecule is Nc1ccc(Cl)c([N+](=O)[O-])c1N.O=[N+]([O-])c1c(Cl)ccc2[nH]c(Cc3nc4c([N+](=O)[O-])c(Cl)ccc4[nH]3)nc12. The van der Waals surface area contributed by atoms with Crippen molar-refractivity contribution in [2.75, 3.05) is 11.5 Å². The molecule has 0 bridgehead atoms. The van der Waals surface area contributed by atoms with Crippen molar-refractivity contribution in [3.05, 3.63) is 93.5 Å². The number of aromatic nitrogens is 4. The number of fused-ring (bicyclic) bond motifs is 2. The Kier molecular flexibility index (Phi) is 7.40. The van der Waals surface area contributed by atoms with Crippen molar-refractivity contribution in [1.29, 1.82) is 0 Å². The highest BCUT2D eigenvalue weighted by Crippen LogP contribution is 2.35. The van der Waals surface area contributed by atoms with E-state index in [-0.39, 0.29) is 61.0 Å². The normalized spacial score (nSPS) is 10.8. The number of anilines is 2. The smallest absolute Gasteiger partial charge is 0.315 e. The van der Waals surface area contributed by atoms with E-state index in [1.54, 1.807) is 12.1 Å². The molecule has 2 aromatic heterocycles. The van der Waals surface area contributed by atoms with Crippen LogP contribution in [0.25, 0.3) is 22.1 Å². The first kappa shape index (κ1) is 27.3. The van der Waals surface area contributed by atoms with Gasteiger partial charge in [-0.2, -0.15) is 0 Å². The minimum atomic E-state index is -0.659. The Morgan fingerprint density at radius 1 is 0.667 bits per heavy atom. The lowest BCUT2D eigenvalue weighted by molar-refractivity contribution is -0.383. The number of halogens is 3. The number of aromatic amines is 2. The minimum Gasteiger partial charge on any atom is -0.397 e. The summed E-state index contributed by atoms with van der Waals surface area (Å²) in [5, 5.41) is 32.8. The highest BCUT2D eigenvalue weighted by molar-refractivity contribution is 6.34. The van der Waals surface area contributed by atoms with Crippen molar-refractivity contribution in [1.82, 2.24) is 19.9 Å². The van der Waals surface area contributed by atoms with E-state index >= 15 is 0 Å². The fraction of sp³-hybridized carbons (Fsp3) is 0.0476. The van der Waals surface area contributed by atoms with Gasteiger partial charge in [0.1, 0.15) is 32.4 Å². The molecule has 0 saturated heterocycles. The Morgan fingerprint density at radius 2 is 1.05 bits per heavy atom. The van der Waals surface area contributed by atoms with Gasteiger partial charge in [0.2, 0.25) is 0 Å². The van der Waals surface area contributed by atoms with E-state index in [1.165, 1.54) is 24.3 Å². The maximum Gasteiger partial charge on any atom is 0.315 e. The number of nitrogens with zero attached hydrogens (tertiary/aromatic N) is 5. The van der Waals surface area contributed by atoms with Crippen LogP contribution in [0, 0.1) is 30.3 Å². The first-order chi connectivity index (χ1) is 18.4. The summed E-state index contributed by atoms with van der Waals surface area (Å²) >= 11 is 17.3. The molecule has 15 nitrogen and oxygen atoms in total. The summed E-state index contributed by atoms with van der Waals surface area (Å²) in [6, 6.07) is 8.76. The van der Waals surface area contributed by atoms with Gasteiger partial charge in [-0.1, -0.05) is 34.8 Å². The maximum absolute atomic E-state index is 11.2. The molecule has 0 radical (unpaired) electrons. The summed E-state index contributed by atoms with van der Waals surface area (Å²) in [6.45, 7) is 0. The summed E-state index contributed by atoms with van der Waals surface area (Å²) in [7, 11) is 0. The van der Waals surface area contributed by atoms with Gasteiger partial charge in [0.05, 0.1) is 37.9 Å². The molecule has 5 rings (SSSR count). The third-order valence-electron chi connectivity index (χ3n) is 5.34. The number of nitrogen functional groups attached to an aromatic ring is 2. The number of nitro benzene ring substituents is 3. The van der Waals surface area contributed by atoms with Crippen LogP contribution >= 0.6 is 34.8 Å². The third-order valence-corrected chi connectivity index (χ3v) is 6.25. The molecule has 0 aliphatic rings. The third kappa shape index (κ3) is 5.31. The molecule has 200 valence electrons. The number of imidazole rings is 2. The second-order valence-electron chi connectivity index (χ2n) is 7.80. The largest absolute Gasteiger partial charge is 0.397 e. The lowest BCUT2D eigenvalue weighted by atomic mass is 10.2. The number of rotatable bonds is 5. The van der Waals surface area contributed by atoms with Crippen LogP contribution in [0.3, 0.4) is 0 Å². The molecule has 2 heterocycles. The summed E-state index contributed by atoms with van der Waals surface area (Å²) in [6.07, 6.45) is 0.146. The van der Waals surface area contributed by atoms with E-state index in [9.17, 15) is 30.3 Å². The van der Waals surface area contributed by atoms with Crippen LogP contribution in [0.5, 0.6) is 0 Å². The van der Waals surface area contributed by atoms with Crippen LogP contribution in [0.2, 0.25) is 15.1 Å². The van der Waals surface area contributed by atoms with Gasteiger partial charge in [-0.3, -0.25) is 30.3 Å². The Bertz CT molecular complexity index is 1710. The van der Waals surface area contributed by atoms with Crippen molar-refractivity contribution in [3.63, 3.8) is 0 Å². The molecule has 0 saturated carbocycles. The van der Waals surface area contributed by atoms with E-state index in [4.69, 9.17) is 46.3 Å². The minimum absolute atomic E-state index is 0.00769. The van der Waals surface area contributed by atoms with Gasteiger partial charge in [0.15, 0.2) is 11.0 Å². The van der Waals surface area contributed by atoms with Gasteiger partial charge >= 0.3 is 17.1 Å². The van der Waals surface area contributed by atoms with Crippen LogP contribution in [0.1, 0.15) is 11.6 Å². The van der Waals surface area contributed by atoms with Crippen LogP contribution in [-0.4, -0.2) is 34.7 Å². The van der Waals surface area contributed by atoms with E-state index in [2.05, 4.69) is 19.9 Å². The van der Waals surface area contributed by atoms with Gasteiger partial charge in [0, 0.05) is 0 Å². The number of nitrogens with one attached hydrogen (secondary N) is 2. The molecule has 0 unspecified atom stereocenters. The highest BCUT2D eigenvalue weighted by atomic mass is 35.5. The Balaban J connectivity index is 0.000000247. The Morgan fingerprint density at radius 3 is 1.44 bits per heavy atom. The first-order valence-corrected chi connectivity index (χ1v) is 11.6. The van der Waals surface area contributed by atoms with Gasteiger partial charge < -0.3 is 21.4 Å². The van der Waals surface area contributed by atoms with E-state index in [0.29, 0.717) is 22.7 Å². The molecule has 3 aromatic carbocycles. The van der Waals surface area contributed by atoms with Crippen LogP contribution in [0.15, 0.2) is 36.4 Å². The summed E-state index contributed by atoms with van der Waals surface area (Å²) in [5.41, 5.74) is 11.0. The molecule has 18 heteroatoms. The Labute approximate surface area is 231 Å². The highest BCUT2D eigenvalue weighted by Gasteiger charge is 2.23. The molecule has 0 aliphatic heterocycles. The number of H-pyrrole nitrogens is 2. The maximum atomic E-state index is 11.2. The monoisotopic (exact) mass is 593 g/mol. The van der Waals surface area contributed by atoms with Gasteiger partial charge in [0.25, 0.3) is 0 Å². The van der Waals surface area contributed by atoms with Crippen molar-refractivity contribution >= 4 is 85.3 Å². The quantitative estimate of drug-likeness (QED) is 0.112. The first-order valence-electron chi connectivity index (χ1n) is 10.5. The van der Waals surface area contributed by atoms with Gasteiger partial charge in [-0.15, -0.1) is 0 Å². The number of benzene rings is 3. The fourth-order valence-corrected chi connectivity index (χ4v) is 4.31. The summed E-state index contributed by atoms with van der Waals surface area (Å²) in [5.74, 6) is 0.784. The van der Waals surface area contributed by atoms with E-state index in [0.717, 1.165) is 0 Å². The molecular weight excluding hydrogens is 581 g/mol. The second-order valence-corrected chi connectivity index (χ2v) is 9.02. The molecule has 0 amide bonds. The zero-order chi connectivity index (χ0) is 28.6. The number of nitrogens with two attached hydrogens (primary N) is 2. The second kappa shape index (κ2) is 10.6. The molecule has 0 aliphatic carbocycles. The standard InChI is InChI=1S/C15H8Cl2N6O4.C6H6ClN3O2/c16-6-1-3-8-12(14(6)22(24)25)20-10(18-8)5-11-19-9-4-2-7(17)15(23(26)27)13(9)21-11;7-3-1-2-4(8)5(9)6(3)10(11)12/h1-4H,5H2,(H,18,20)(H,19,21);1-2H,8-9H2. The average Bonchev–Trinajstić information content (AvgIpc) is 3.44. The van der Waals surface area contributed by atoms with Crippen molar-refractivity contribution < 1.29 is 14.8 Å². The Hall–Kier alpha value is -4.73. The van der Waals surface area contributed by atoms with Crippen molar-refractivity contribution in [2.24, 2.45) is 0 Å². The predicted octanol–water partition coefficient (Wildman–Crippen LogP) is 5.57. The fourth-order valence-electron chi connectivity index (χ4n) is 3.63. The zero-order valence-corrected chi connectivity index (χ0v) is 21.4. The van der Waals surface area contributed by atoms with Crippen LogP contribution in [0.4, 0.5) is 28.4 Å². The van der Waals surface area contributed by atoms with Gasteiger partial charge in [-0.25, -0.2) is 9.97 Å². The van der Waals surface area contributed by atoms with E-state index < -0.39 is 14.8 Å².